The molecule has 2 rings (SSSR count). The lowest BCUT2D eigenvalue weighted by molar-refractivity contribution is 0.188. The van der Waals surface area contributed by atoms with Crippen molar-refractivity contribution in [2.45, 2.75) is 39.2 Å². The monoisotopic (exact) mass is 239 g/mol. The van der Waals surface area contributed by atoms with Crippen molar-refractivity contribution in [3.8, 4) is 0 Å². The van der Waals surface area contributed by atoms with E-state index in [0.717, 1.165) is 12.0 Å². The van der Waals surface area contributed by atoms with Gasteiger partial charge in [0.15, 0.2) is 0 Å². The largest absolute Gasteiger partial charge is 0.315 e. The minimum Gasteiger partial charge on any atom is -0.315 e. The quantitative estimate of drug-likeness (QED) is 0.756. The van der Waals surface area contributed by atoms with Crippen LogP contribution in [0.5, 0.6) is 0 Å². The Hall–Kier alpha value is -0.120. The van der Waals surface area contributed by atoms with Crippen molar-refractivity contribution in [1.29, 1.82) is 0 Å². The van der Waals surface area contributed by atoms with Crippen molar-refractivity contribution >= 4 is 0 Å². The topological polar surface area (TPSA) is 18.5 Å². The van der Waals surface area contributed by atoms with Gasteiger partial charge in [0.05, 0.1) is 0 Å². The van der Waals surface area contributed by atoms with Gasteiger partial charge in [-0.25, -0.2) is 0 Å². The van der Waals surface area contributed by atoms with E-state index in [2.05, 4.69) is 29.0 Å². The molecule has 1 N–H and O–H groups in total. The Labute approximate surface area is 107 Å². The molecule has 0 aromatic heterocycles. The Morgan fingerprint density at radius 3 is 2.76 bits per heavy atom. The van der Waals surface area contributed by atoms with Gasteiger partial charge in [0.2, 0.25) is 0 Å². The molecule has 17 heavy (non-hydrogen) atoms. The van der Waals surface area contributed by atoms with E-state index >= 15 is 0 Å². The van der Waals surface area contributed by atoms with E-state index in [-0.39, 0.29) is 0 Å². The molecule has 0 bridgehead atoms. The Bertz CT molecular complexity index is 206. The second-order valence-corrected chi connectivity index (χ2v) is 6.07. The summed E-state index contributed by atoms with van der Waals surface area (Å²) < 4.78 is 0. The molecule has 0 radical (unpaired) electrons. The van der Waals surface area contributed by atoms with E-state index < -0.39 is 0 Å². The lowest BCUT2D eigenvalue weighted by atomic mass is 10.2. The summed E-state index contributed by atoms with van der Waals surface area (Å²) in [6.45, 7) is 13.4. The first-order valence-corrected chi connectivity index (χ1v) is 7.43. The van der Waals surface area contributed by atoms with Gasteiger partial charge in [-0.3, -0.25) is 4.90 Å². The molecule has 0 aromatic rings. The third kappa shape index (κ3) is 4.94. The Kier molecular flexibility index (Phi) is 5.26. The van der Waals surface area contributed by atoms with Gasteiger partial charge in [0, 0.05) is 38.8 Å². The van der Waals surface area contributed by atoms with Gasteiger partial charge < -0.3 is 10.2 Å². The van der Waals surface area contributed by atoms with E-state index in [1.54, 1.807) is 0 Å². The van der Waals surface area contributed by atoms with E-state index in [4.69, 9.17) is 0 Å². The van der Waals surface area contributed by atoms with Crippen molar-refractivity contribution < 1.29 is 0 Å². The van der Waals surface area contributed by atoms with Gasteiger partial charge in [-0.05, 0) is 38.3 Å². The number of rotatable bonds is 6. The second kappa shape index (κ2) is 6.72. The smallest absolute Gasteiger partial charge is 0.0112 e. The zero-order chi connectivity index (χ0) is 12.1. The highest BCUT2D eigenvalue weighted by atomic mass is 15.2. The standard InChI is InChI=1S/C14H29N3/c1-13(2)12-17(14-4-5-14)11-10-16-8-3-6-15-7-9-16/h13-15H,3-12H2,1-2H3. The van der Waals surface area contributed by atoms with E-state index in [1.165, 1.54) is 65.1 Å². The van der Waals surface area contributed by atoms with Gasteiger partial charge in [0.1, 0.15) is 0 Å². The highest BCUT2D eigenvalue weighted by Gasteiger charge is 2.29. The highest BCUT2D eigenvalue weighted by molar-refractivity contribution is 4.85. The first-order valence-electron chi connectivity index (χ1n) is 7.43. The number of hydrogen-bond acceptors (Lipinski definition) is 3. The molecule has 1 heterocycles. The molecule has 0 spiro atoms. The molecular formula is C14H29N3. The zero-order valence-electron chi connectivity index (χ0n) is 11.6. The van der Waals surface area contributed by atoms with E-state index in [0.29, 0.717) is 0 Å². The fourth-order valence-corrected chi connectivity index (χ4v) is 2.73. The third-order valence-electron chi connectivity index (χ3n) is 3.80. The molecule has 0 aromatic carbocycles. The molecule has 2 fully saturated rings. The van der Waals surface area contributed by atoms with Crippen molar-refractivity contribution in [3.05, 3.63) is 0 Å². The third-order valence-corrected chi connectivity index (χ3v) is 3.80. The van der Waals surface area contributed by atoms with Crippen molar-refractivity contribution in [3.63, 3.8) is 0 Å². The minimum atomic E-state index is 0.807. The number of hydrogen-bond donors (Lipinski definition) is 1. The van der Waals surface area contributed by atoms with E-state index in [9.17, 15) is 0 Å². The summed E-state index contributed by atoms with van der Waals surface area (Å²) in [6.07, 6.45) is 4.19. The Balaban J connectivity index is 1.70. The van der Waals surface area contributed by atoms with Gasteiger partial charge in [0.25, 0.3) is 0 Å². The predicted molar refractivity (Wildman–Crippen MR) is 73.4 cm³/mol. The van der Waals surface area contributed by atoms with Crippen molar-refractivity contribution in [2.75, 3.05) is 45.8 Å². The van der Waals surface area contributed by atoms with Crippen LogP contribution in [0.2, 0.25) is 0 Å². The van der Waals surface area contributed by atoms with Crippen LogP contribution in [0.25, 0.3) is 0 Å². The molecule has 1 aliphatic carbocycles. The summed E-state index contributed by atoms with van der Waals surface area (Å²) in [6, 6.07) is 0.919. The molecule has 100 valence electrons. The highest BCUT2D eigenvalue weighted by Crippen LogP contribution is 2.27. The first-order chi connectivity index (χ1) is 8.25. The van der Waals surface area contributed by atoms with Crippen LogP contribution in [0.1, 0.15) is 33.1 Å². The predicted octanol–water partition coefficient (Wildman–Crippen LogP) is 1.40. The maximum Gasteiger partial charge on any atom is 0.0112 e. The maximum absolute atomic E-state index is 3.48. The first kappa shape index (κ1) is 13.3. The molecule has 1 saturated heterocycles. The molecule has 1 saturated carbocycles. The second-order valence-electron chi connectivity index (χ2n) is 6.07. The van der Waals surface area contributed by atoms with E-state index in [1.807, 2.05) is 0 Å². The molecule has 0 unspecified atom stereocenters. The van der Waals surface area contributed by atoms with Gasteiger partial charge in [-0.2, -0.15) is 0 Å². The lowest BCUT2D eigenvalue weighted by Gasteiger charge is -2.28. The maximum atomic E-state index is 3.48. The van der Waals surface area contributed by atoms with Gasteiger partial charge in [-0.1, -0.05) is 13.8 Å². The van der Waals surface area contributed by atoms with Crippen LogP contribution in [0, 0.1) is 5.92 Å². The number of nitrogens with one attached hydrogen (secondary N) is 1. The van der Waals surface area contributed by atoms with Crippen LogP contribution < -0.4 is 5.32 Å². The normalized spacial score (nSPS) is 23.3. The molecule has 1 aliphatic heterocycles. The van der Waals surface area contributed by atoms with Crippen LogP contribution in [0.4, 0.5) is 0 Å². The fraction of sp³-hybridized carbons (Fsp3) is 1.00. The summed E-state index contributed by atoms with van der Waals surface area (Å²) in [4.78, 5) is 5.36. The Morgan fingerprint density at radius 2 is 2.06 bits per heavy atom. The summed E-state index contributed by atoms with van der Waals surface area (Å²) in [5.41, 5.74) is 0. The molecular weight excluding hydrogens is 210 g/mol. The molecule has 3 nitrogen and oxygen atoms in total. The molecule has 2 aliphatic rings. The molecule has 0 amide bonds. The zero-order valence-corrected chi connectivity index (χ0v) is 11.6. The van der Waals surface area contributed by atoms with Crippen LogP contribution >= 0.6 is 0 Å². The average Bonchev–Trinajstić information content (AvgIpc) is 3.10. The summed E-state index contributed by atoms with van der Waals surface area (Å²) in [7, 11) is 0. The van der Waals surface area contributed by atoms with Gasteiger partial charge in [-0.15, -0.1) is 0 Å². The van der Waals surface area contributed by atoms with Crippen molar-refractivity contribution in [1.82, 2.24) is 15.1 Å². The average molecular weight is 239 g/mol. The molecule has 3 heteroatoms. The van der Waals surface area contributed by atoms with Gasteiger partial charge >= 0.3 is 0 Å². The fourth-order valence-electron chi connectivity index (χ4n) is 2.73. The summed E-state index contributed by atoms with van der Waals surface area (Å²) in [5, 5.41) is 3.48. The van der Waals surface area contributed by atoms with Crippen LogP contribution in [0.3, 0.4) is 0 Å². The molecule has 0 atom stereocenters. The van der Waals surface area contributed by atoms with Crippen LogP contribution in [-0.4, -0.2) is 61.7 Å². The number of nitrogens with zero attached hydrogens (tertiary/aromatic N) is 2. The van der Waals surface area contributed by atoms with Crippen LogP contribution in [0.15, 0.2) is 0 Å². The Morgan fingerprint density at radius 1 is 1.24 bits per heavy atom. The summed E-state index contributed by atoms with van der Waals surface area (Å²) >= 11 is 0. The summed E-state index contributed by atoms with van der Waals surface area (Å²) in [5.74, 6) is 0.807. The van der Waals surface area contributed by atoms with Crippen molar-refractivity contribution in [2.24, 2.45) is 5.92 Å². The minimum absolute atomic E-state index is 0.807. The van der Waals surface area contributed by atoms with Crippen LogP contribution in [-0.2, 0) is 0 Å². The SMILES string of the molecule is CC(C)CN(CCN1CCCNCC1)C1CC1. The lowest BCUT2D eigenvalue weighted by Crippen LogP contribution is -2.39.